The minimum Gasteiger partial charge on any atom is -0.495 e. The van der Waals surface area contributed by atoms with Crippen molar-refractivity contribution in [2.45, 2.75) is 13.8 Å². The molecule has 1 aromatic heterocycles. The summed E-state index contributed by atoms with van der Waals surface area (Å²) < 4.78 is 5.02. The second-order valence-electron chi connectivity index (χ2n) is 4.19. The van der Waals surface area contributed by atoms with E-state index >= 15 is 0 Å². The molecule has 2 N–H and O–H groups in total. The summed E-state index contributed by atoms with van der Waals surface area (Å²) in [4.78, 5) is 23.1. The number of carbonyl (C=O) groups is 2. The van der Waals surface area contributed by atoms with Gasteiger partial charge in [0.05, 0.1) is 12.5 Å². The molecule has 0 aromatic carbocycles. The molecule has 1 aromatic rings. The lowest BCUT2D eigenvalue weighted by molar-refractivity contribution is -0.146. The van der Waals surface area contributed by atoms with Crippen LogP contribution in [0.25, 0.3) is 0 Å². The third-order valence-corrected chi connectivity index (χ3v) is 3.22. The number of amides is 1. The van der Waals surface area contributed by atoms with E-state index in [1.807, 2.05) is 0 Å². The van der Waals surface area contributed by atoms with Crippen LogP contribution in [0.5, 0.6) is 5.75 Å². The maximum atomic E-state index is 11.8. The van der Waals surface area contributed by atoms with E-state index in [0.29, 0.717) is 10.6 Å². The quantitative estimate of drug-likeness (QED) is 0.840. The zero-order valence-electron chi connectivity index (χ0n) is 9.94. The van der Waals surface area contributed by atoms with Gasteiger partial charge in [0.25, 0.3) is 5.91 Å². The molecule has 0 fully saturated rings. The highest BCUT2D eigenvalue weighted by atomic mass is 32.1. The monoisotopic (exact) mass is 257 g/mol. The number of ether oxygens (including phenoxy) is 1. The molecular formula is C11H15NO4S. The molecule has 0 saturated carbocycles. The van der Waals surface area contributed by atoms with Gasteiger partial charge in [-0.05, 0) is 25.3 Å². The van der Waals surface area contributed by atoms with Crippen LogP contribution in [-0.2, 0) is 4.79 Å². The van der Waals surface area contributed by atoms with Crippen molar-refractivity contribution in [2.75, 3.05) is 13.7 Å². The molecule has 0 saturated heterocycles. The van der Waals surface area contributed by atoms with Crippen molar-refractivity contribution in [3.63, 3.8) is 0 Å². The van der Waals surface area contributed by atoms with Crippen LogP contribution < -0.4 is 10.1 Å². The number of carbonyl (C=O) groups excluding carboxylic acids is 1. The van der Waals surface area contributed by atoms with Gasteiger partial charge in [0.15, 0.2) is 0 Å². The fourth-order valence-electron chi connectivity index (χ4n) is 1.08. The largest absolute Gasteiger partial charge is 0.495 e. The lowest BCUT2D eigenvalue weighted by Crippen LogP contribution is -2.38. The van der Waals surface area contributed by atoms with Gasteiger partial charge in [0, 0.05) is 6.54 Å². The van der Waals surface area contributed by atoms with Crippen molar-refractivity contribution in [1.82, 2.24) is 5.32 Å². The first kappa shape index (κ1) is 13.5. The Kier molecular flexibility index (Phi) is 4.11. The summed E-state index contributed by atoms with van der Waals surface area (Å²) in [5.41, 5.74) is -0.986. The van der Waals surface area contributed by atoms with Crippen LogP contribution >= 0.6 is 11.3 Å². The topological polar surface area (TPSA) is 75.6 Å². The molecule has 0 unspecified atom stereocenters. The number of rotatable bonds is 5. The van der Waals surface area contributed by atoms with E-state index in [1.165, 1.54) is 18.4 Å². The van der Waals surface area contributed by atoms with Gasteiger partial charge in [0.2, 0.25) is 0 Å². The number of aliphatic carboxylic acids is 1. The van der Waals surface area contributed by atoms with Crippen LogP contribution in [0.4, 0.5) is 0 Å². The van der Waals surface area contributed by atoms with Crippen LogP contribution in [0.1, 0.15) is 23.5 Å². The maximum absolute atomic E-state index is 11.8. The summed E-state index contributed by atoms with van der Waals surface area (Å²) in [6, 6.07) is 1.70. The number of thiophene rings is 1. The molecule has 0 aliphatic carbocycles. The molecule has 0 atom stereocenters. The van der Waals surface area contributed by atoms with Crippen molar-refractivity contribution in [1.29, 1.82) is 0 Å². The molecule has 0 bridgehead atoms. The number of hydrogen-bond donors (Lipinski definition) is 2. The Morgan fingerprint density at radius 1 is 1.53 bits per heavy atom. The third kappa shape index (κ3) is 3.20. The minimum absolute atomic E-state index is 0.0716. The predicted octanol–water partition coefficient (Wildman–Crippen LogP) is 1.60. The van der Waals surface area contributed by atoms with Gasteiger partial charge in [-0.1, -0.05) is 0 Å². The normalized spacial score (nSPS) is 11.0. The average Bonchev–Trinajstić information content (AvgIpc) is 2.73. The fraction of sp³-hybridized carbons (Fsp3) is 0.455. The van der Waals surface area contributed by atoms with Gasteiger partial charge in [-0.15, -0.1) is 11.3 Å². The summed E-state index contributed by atoms with van der Waals surface area (Å²) in [5, 5.41) is 13.3. The van der Waals surface area contributed by atoms with E-state index in [-0.39, 0.29) is 12.5 Å². The predicted molar refractivity (Wildman–Crippen MR) is 64.6 cm³/mol. The smallest absolute Gasteiger partial charge is 0.310 e. The second kappa shape index (κ2) is 5.18. The highest BCUT2D eigenvalue weighted by Crippen LogP contribution is 2.24. The van der Waals surface area contributed by atoms with Crippen molar-refractivity contribution in [2.24, 2.45) is 5.41 Å². The fourth-order valence-corrected chi connectivity index (χ4v) is 1.86. The molecule has 1 rings (SSSR count). The zero-order valence-corrected chi connectivity index (χ0v) is 10.8. The van der Waals surface area contributed by atoms with Gasteiger partial charge in [-0.2, -0.15) is 0 Å². The molecule has 5 nitrogen and oxygen atoms in total. The number of carboxylic acid groups (broad SMARTS) is 1. The number of methoxy groups -OCH3 is 1. The van der Waals surface area contributed by atoms with E-state index < -0.39 is 11.4 Å². The van der Waals surface area contributed by atoms with Gasteiger partial charge in [0.1, 0.15) is 10.6 Å². The van der Waals surface area contributed by atoms with Crippen molar-refractivity contribution >= 4 is 23.2 Å². The first-order valence-electron chi connectivity index (χ1n) is 5.01. The van der Waals surface area contributed by atoms with Crippen molar-refractivity contribution in [3.05, 3.63) is 16.3 Å². The average molecular weight is 257 g/mol. The van der Waals surface area contributed by atoms with E-state index in [0.717, 1.165) is 0 Å². The molecule has 1 heterocycles. The standard InChI is InChI=1S/C11H15NO4S/c1-11(2,10(14)15)6-12-9(13)8-7(16-3)4-5-17-8/h4-5H,6H2,1-3H3,(H,12,13)(H,14,15). The third-order valence-electron chi connectivity index (χ3n) is 2.33. The summed E-state index contributed by atoms with van der Waals surface area (Å²) in [6.45, 7) is 3.19. The molecule has 94 valence electrons. The minimum atomic E-state index is -0.986. The molecular weight excluding hydrogens is 242 g/mol. The van der Waals surface area contributed by atoms with Crippen LogP contribution in [-0.4, -0.2) is 30.6 Å². The van der Waals surface area contributed by atoms with E-state index in [9.17, 15) is 9.59 Å². The van der Waals surface area contributed by atoms with E-state index in [1.54, 1.807) is 25.3 Å². The van der Waals surface area contributed by atoms with Gasteiger partial charge >= 0.3 is 5.97 Å². The highest BCUT2D eigenvalue weighted by Gasteiger charge is 2.28. The zero-order chi connectivity index (χ0) is 13.1. The summed E-state index contributed by atoms with van der Waals surface area (Å²) in [7, 11) is 1.49. The van der Waals surface area contributed by atoms with Crippen LogP contribution in [0.3, 0.4) is 0 Å². The molecule has 1 amide bonds. The summed E-state index contributed by atoms with van der Waals surface area (Å²) >= 11 is 1.26. The van der Waals surface area contributed by atoms with Gasteiger partial charge in [-0.25, -0.2) is 0 Å². The molecule has 17 heavy (non-hydrogen) atoms. The number of carboxylic acids is 1. The van der Waals surface area contributed by atoms with Gasteiger partial charge in [-0.3, -0.25) is 9.59 Å². The Labute approximate surface area is 103 Å². The SMILES string of the molecule is COc1ccsc1C(=O)NCC(C)(C)C(=O)O. The summed E-state index contributed by atoms with van der Waals surface area (Å²) in [6.07, 6.45) is 0. The molecule has 0 radical (unpaired) electrons. The second-order valence-corrected chi connectivity index (χ2v) is 5.11. The molecule has 6 heteroatoms. The first-order chi connectivity index (χ1) is 7.88. The molecule has 0 aliphatic heterocycles. The summed E-state index contributed by atoms with van der Waals surface area (Å²) in [5.74, 6) is -0.761. The lowest BCUT2D eigenvalue weighted by atomic mass is 9.94. The highest BCUT2D eigenvalue weighted by molar-refractivity contribution is 7.12. The Balaban J connectivity index is 2.65. The maximum Gasteiger partial charge on any atom is 0.310 e. The van der Waals surface area contributed by atoms with Crippen LogP contribution in [0.2, 0.25) is 0 Å². The number of hydrogen-bond acceptors (Lipinski definition) is 4. The van der Waals surface area contributed by atoms with Crippen LogP contribution in [0.15, 0.2) is 11.4 Å². The Morgan fingerprint density at radius 3 is 2.71 bits per heavy atom. The Bertz CT molecular complexity index is 425. The van der Waals surface area contributed by atoms with Gasteiger partial charge < -0.3 is 15.2 Å². The Hall–Kier alpha value is -1.56. The first-order valence-corrected chi connectivity index (χ1v) is 5.89. The van der Waals surface area contributed by atoms with Crippen molar-refractivity contribution in [3.8, 4) is 5.75 Å². The molecule has 0 aliphatic rings. The number of nitrogens with one attached hydrogen (secondary N) is 1. The molecule has 0 spiro atoms. The van der Waals surface area contributed by atoms with Crippen LogP contribution in [0, 0.1) is 5.41 Å². The lowest BCUT2D eigenvalue weighted by Gasteiger charge is -2.19. The van der Waals surface area contributed by atoms with E-state index in [2.05, 4.69) is 5.32 Å². The van der Waals surface area contributed by atoms with E-state index in [4.69, 9.17) is 9.84 Å². The van der Waals surface area contributed by atoms with Crippen molar-refractivity contribution < 1.29 is 19.4 Å². The Morgan fingerprint density at radius 2 is 2.18 bits per heavy atom.